The third-order valence-corrected chi connectivity index (χ3v) is 2.00. The number of furan rings is 1. The van der Waals surface area contributed by atoms with Crippen LogP contribution in [-0.4, -0.2) is 36.9 Å². The van der Waals surface area contributed by atoms with Gasteiger partial charge in [0.15, 0.2) is 5.76 Å². The largest absolute Gasteiger partial charge is 0.456 e. The smallest absolute Gasteiger partial charge is 0.289 e. The lowest BCUT2D eigenvalue weighted by Crippen LogP contribution is -2.38. The second-order valence-corrected chi connectivity index (χ2v) is 3.34. The second-order valence-electron chi connectivity index (χ2n) is 3.34. The van der Waals surface area contributed by atoms with Crippen molar-refractivity contribution in [2.75, 3.05) is 19.6 Å². The Morgan fingerprint density at radius 1 is 1.56 bits per heavy atom. The summed E-state index contributed by atoms with van der Waals surface area (Å²) < 4.78 is 29.5. The Bertz CT molecular complexity index is 352. The highest BCUT2D eigenvalue weighted by atomic mass is 19.3. The molecule has 0 fully saturated rings. The quantitative estimate of drug-likeness (QED) is 0.831. The van der Waals surface area contributed by atoms with E-state index in [2.05, 4.69) is 0 Å². The lowest BCUT2D eigenvalue weighted by atomic mass is 10.3. The normalized spacial score (nSPS) is 10.8. The molecule has 0 spiro atoms. The van der Waals surface area contributed by atoms with Crippen LogP contribution < -0.4 is 5.73 Å². The topological polar surface area (TPSA) is 59.5 Å². The molecule has 1 aromatic rings. The molecule has 0 bridgehead atoms. The molecule has 0 unspecified atom stereocenters. The van der Waals surface area contributed by atoms with Gasteiger partial charge in [-0.05, 0) is 19.1 Å². The number of aryl methyl sites for hydroxylation is 1. The van der Waals surface area contributed by atoms with E-state index in [-0.39, 0.29) is 18.8 Å². The minimum atomic E-state index is -2.58. The van der Waals surface area contributed by atoms with Gasteiger partial charge >= 0.3 is 0 Å². The Balaban J connectivity index is 2.74. The van der Waals surface area contributed by atoms with Crippen LogP contribution in [0, 0.1) is 6.92 Å². The van der Waals surface area contributed by atoms with Crippen LogP contribution in [0.1, 0.15) is 16.3 Å². The number of hydrogen-bond acceptors (Lipinski definition) is 3. The van der Waals surface area contributed by atoms with Crippen molar-refractivity contribution in [1.29, 1.82) is 0 Å². The van der Waals surface area contributed by atoms with Crippen molar-refractivity contribution < 1.29 is 18.0 Å². The summed E-state index contributed by atoms with van der Waals surface area (Å²) in [5.41, 5.74) is 5.26. The van der Waals surface area contributed by atoms with E-state index in [0.29, 0.717) is 5.76 Å². The first kappa shape index (κ1) is 12.6. The Labute approximate surface area is 92.0 Å². The molecule has 0 aliphatic carbocycles. The molecule has 0 aliphatic heterocycles. The average Bonchev–Trinajstić information content (AvgIpc) is 2.62. The molecule has 2 N–H and O–H groups in total. The highest BCUT2D eigenvalue weighted by molar-refractivity contribution is 5.91. The fourth-order valence-electron chi connectivity index (χ4n) is 1.30. The number of amides is 1. The number of nitrogens with zero attached hydrogens (tertiary/aromatic N) is 1. The number of alkyl halides is 2. The predicted octanol–water partition coefficient (Wildman–Crippen LogP) is 1.25. The summed E-state index contributed by atoms with van der Waals surface area (Å²) in [5, 5.41) is 0. The SMILES string of the molecule is Cc1ccc(C(=O)N(CCN)CC(F)F)o1. The minimum absolute atomic E-state index is 0.0617. The molecule has 90 valence electrons. The zero-order valence-corrected chi connectivity index (χ0v) is 8.95. The minimum Gasteiger partial charge on any atom is -0.456 e. The van der Waals surface area contributed by atoms with Gasteiger partial charge in [-0.1, -0.05) is 0 Å². The standard InChI is InChI=1S/C10H14F2N2O2/c1-7-2-3-8(16-7)10(15)14(5-4-13)6-9(11)12/h2-3,9H,4-6,13H2,1H3. The summed E-state index contributed by atoms with van der Waals surface area (Å²) in [7, 11) is 0. The number of nitrogens with two attached hydrogens (primary N) is 1. The van der Waals surface area contributed by atoms with E-state index in [1.54, 1.807) is 13.0 Å². The summed E-state index contributed by atoms with van der Waals surface area (Å²) in [6, 6.07) is 3.07. The second kappa shape index (κ2) is 5.60. The van der Waals surface area contributed by atoms with Gasteiger partial charge in [0.25, 0.3) is 12.3 Å². The van der Waals surface area contributed by atoms with Crippen molar-refractivity contribution in [3.05, 3.63) is 23.7 Å². The first-order valence-corrected chi connectivity index (χ1v) is 4.88. The summed E-state index contributed by atoms with van der Waals surface area (Å²) in [6.45, 7) is 1.27. The highest BCUT2D eigenvalue weighted by Gasteiger charge is 2.21. The van der Waals surface area contributed by atoms with Crippen LogP contribution in [0.5, 0.6) is 0 Å². The Kier molecular flexibility index (Phi) is 4.42. The first-order valence-electron chi connectivity index (χ1n) is 4.88. The number of carbonyl (C=O) groups is 1. The van der Waals surface area contributed by atoms with Crippen LogP contribution in [0.2, 0.25) is 0 Å². The van der Waals surface area contributed by atoms with Crippen LogP contribution in [-0.2, 0) is 0 Å². The zero-order chi connectivity index (χ0) is 12.1. The molecule has 4 nitrogen and oxygen atoms in total. The third-order valence-electron chi connectivity index (χ3n) is 2.00. The van der Waals surface area contributed by atoms with Crippen LogP contribution in [0.15, 0.2) is 16.5 Å². The van der Waals surface area contributed by atoms with E-state index in [0.717, 1.165) is 4.90 Å². The number of carbonyl (C=O) groups excluding carboxylic acids is 1. The van der Waals surface area contributed by atoms with Gasteiger partial charge in [0, 0.05) is 13.1 Å². The molecule has 0 aliphatic rings. The molecule has 0 radical (unpaired) electrons. The average molecular weight is 232 g/mol. The molecular formula is C10H14F2N2O2. The van der Waals surface area contributed by atoms with Crippen molar-refractivity contribution in [3.8, 4) is 0 Å². The van der Waals surface area contributed by atoms with Gasteiger partial charge in [-0.15, -0.1) is 0 Å². The number of hydrogen-bond donors (Lipinski definition) is 1. The van der Waals surface area contributed by atoms with E-state index in [9.17, 15) is 13.6 Å². The molecule has 6 heteroatoms. The van der Waals surface area contributed by atoms with Crippen molar-refractivity contribution in [2.45, 2.75) is 13.3 Å². The first-order chi connectivity index (χ1) is 7.54. The summed E-state index contributed by atoms with van der Waals surface area (Å²) in [4.78, 5) is 12.7. The monoisotopic (exact) mass is 232 g/mol. The van der Waals surface area contributed by atoms with Gasteiger partial charge < -0.3 is 15.1 Å². The fourth-order valence-corrected chi connectivity index (χ4v) is 1.30. The van der Waals surface area contributed by atoms with Crippen LogP contribution in [0.25, 0.3) is 0 Å². The van der Waals surface area contributed by atoms with Gasteiger partial charge in [-0.2, -0.15) is 0 Å². The Morgan fingerprint density at radius 2 is 2.25 bits per heavy atom. The number of halogens is 2. The molecule has 16 heavy (non-hydrogen) atoms. The van der Waals surface area contributed by atoms with Crippen LogP contribution >= 0.6 is 0 Å². The fraction of sp³-hybridized carbons (Fsp3) is 0.500. The van der Waals surface area contributed by atoms with Gasteiger partial charge in [0.1, 0.15) is 5.76 Å². The summed E-state index contributed by atoms with van der Waals surface area (Å²) in [5.74, 6) is 0.0681. The zero-order valence-electron chi connectivity index (χ0n) is 8.95. The molecular weight excluding hydrogens is 218 g/mol. The van der Waals surface area contributed by atoms with Crippen molar-refractivity contribution in [2.24, 2.45) is 5.73 Å². The lowest BCUT2D eigenvalue weighted by Gasteiger charge is -2.20. The molecule has 1 amide bonds. The van der Waals surface area contributed by atoms with Gasteiger partial charge in [0.2, 0.25) is 0 Å². The maximum atomic E-state index is 12.2. The highest BCUT2D eigenvalue weighted by Crippen LogP contribution is 2.10. The molecule has 0 atom stereocenters. The van der Waals surface area contributed by atoms with Crippen molar-refractivity contribution >= 4 is 5.91 Å². The van der Waals surface area contributed by atoms with Gasteiger partial charge in [-0.25, -0.2) is 8.78 Å². The summed E-state index contributed by atoms with van der Waals surface area (Å²) in [6.07, 6.45) is -2.58. The maximum absolute atomic E-state index is 12.2. The van der Waals surface area contributed by atoms with E-state index >= 15 is 0 Å². The van der Waals surface area contributed by atoms with Gasteiger partial charge in [-0.3, -0.25) is 4.79 Å². The van der Waals surface area contributed by atoms with Crippen molar-refractivity contribution in [3.63, 3.8) is 0 Å². The van der Waals surface area contributed by atoms with E-state index < -0.39 is 18.9 Å². The van der Waals surface area contributed by atoms with E-state index in [1.807, 2.05) is 0 Å². The predicted molar refractivity (Wildman–Crippen MR) is 54.4 cm³/mol. The van der Waals surface area contributed by atoms with E-state index in [1.165, 1.54) is 6.07 Å². The number of rotatable bonds is 5. The van der Waals surface area contributed by atoms with Crippen LogP contribution in [0.4, 0.5) is 8.78 Å². The van der Waals surface area contributed by atoms with Crippen molar-refractivity contribution in [1.82, 2.24) is 4.90 Å². The molecule has 1 heterocycles. The van der Waals surface area contributed by atoms with E-state index in [4.69, 9.17) is 10.2 Å². The molecule has 0 saturated heterocycles. The third kappa shape index (κ3) is 3.30. The Hall–Kier alpha value is -1.43. The lowest BCUT2D eigenvalue weighted by molar-refractivity contribution is 0.0535. The summed E-state index contributed by atoms with van der Waals surface area (Å²) >= 11 is 0. The Morgan fingerprint density at radius 3 is 2.69 bits per heavy atom. The molecule has 0 saturated carbocycles. The molecule has 1 rings (SSSR count). The van der Waals surface area contributed by atoms with Crippen LogP contribution in [0.3, 0.4) is 0 Å². The van der Waals surface area contributed by atoms with Gasteiger partial charge in [0.05, 0.1) is 6.54 Å². The molecule has 0 aromatic carbocycles. The molecule has 1 aromatic heterocycles. The maximum Gasteiger partial charge on any atom is 0.289 e.